The van der Waals surface area contributed by atoms with Gasteiger partial charge in [-0.25, -0.2) is 0 Å². The Balaban J connectivity index is 2.06. The molecular formula is C10H14O2. The van der Waals surface area contributed by atoms with Gasteiger partial charge in [-0.2, -0.15) is 0 Å². The van der Waals surface area contributed by atoms with Crippen LogP contribution in [-0.4, -0.2) is 17.0 Å². The fraction of sp³-hybridized carbons (Fsp3) is 0.900. The minimum absolute atomic E-state index is 0.222. The molecule has 2 heteroatoms. The Bertz CT molecular complexity index is 233. The maximum Gasteiger partial charge on any atom is 0.142 e. The van der Waals surface area contributed by atoms with Crippen LogP contribution in [-0.2, 0) is 4.79 Å². The van der Waals surface area contributed by atoms with Gasteiger partial charge >= 0.3 is 0 Å². The van der Waals surface area contributed by atoms with Gasteiger partial charge in [-0.15, -0.1) is 0 Å². The zero-order valence-corrected chi connectivity index (χ0v) is 7.12. The van der Waals surface area contributed by atoms with Crippen LogP contribution in [0.3, 0.4) is 0 Å². The van der Waals surface area contributed by atoms with Crippen molar-refractivity contribution in [2.45, 2.75) is 38.2 Å². The summed E-state index contributed by atoms with van der Waals surface area (Å²) >= 11 is 0. The van der Waals surface area contributed by atoms with E-state index in [-0.39, 0.29) is 11.5 Å². The molecule has 2 nitrogen and oxygen atoms in total. The Morgan fingerprint density at radius 3 is 2.67 bits per heavy atom. The van der Waals surface area contributed by atoms with Gasteiger partial charge in [0.05, 0.1) is 11.5 Å². The van der Waals surface area contributed by atoms with Gasteiger partial charge in [-0.05, 0) is 37.5 Å². The highest BCUT2D eigenvalue weighted by molar-refractivity contribution is 5.90. The Morgan fingerprint density at radius 1 is 1.25 bits per heavy atom. The fourth-order valence-corrected chi connectivity index (χ4v) is 3.92. The normalized spacial score (nSPS) is 56.4. The van der Waals surface area contributed by atoms with Crippen LogP contribution < -0.4 is 0 Å². The lowest BCUT2D eigenvalue weighted by Crippen LogP contribution is -2.52. The number of Topliss-reactive ketones (excluding diaryl/α,β-unsaturated/α-hetero) is 1. The van der Waals surface area contributed by atoms with Gasteiger partial charge in [0, 0.05) is 6.42 Å². The topological polar surface area (TPSA) is 37.3 Å². The van der Waals surface area contributed by atoms with E-state index < -0.39 is 0 Å². The highest BCUT2D eigenvalue weighted by Crippen LogP contribution is 2.66. The minimum Gasteiger partial charge on any atom is -0.392 e. The zero-order valence-electron chi connectivity index (χ0n) is 7.12. The average molecular weight is 166 g/mol. The Morgan fingerprint density at radius 2 is 2.00 bits per heavy atom. The summed E-state index contributed by atoms with van der Waals surface area (Å²) in [6.45, 7) is 0. The first-order valence-electron chi connectivity index (χ1n) is 4.97. The van der Waals surface area contributed by atoms with Crippen LogP contribution in [0.2, 0.25) is 0 Å². The summed E-state index contributed by atoms with van der Waals surface area (Å²) in [5, 5.41) is 9.83. The summed E-state index contributed by atoms with van der Waals surface area (Å²) in [6, 6.07) is 0. The van der Waals surface area contributed by atoms with E-state index in [1.807, 2.05) is 0 Å². The van der Waals surface area contributed by atoms with E-state index in [0.29, 0.717) is 17.6 Å². The predicted molar refractivity (Wildman–Crippen MR) is 43.5 cm³/mol. The van der Waals surface area contributed by atoms with Gasteiger partial charge < -0.3 is 5.11 Å². The maximum absolute atomic E-state index is 11.7. The van der Waals surface area contributed by atoms with Crippen LogP contribution in [0.15, 0.2) is 0 Å². The van der Waals surface area contributed by atoms with Gasteiger partial charge in [0.1, 0.15) is 5.78 Å². The van der Waals surface area contributed by atoms with Crippen LogP contribution in [0.1, 0.15) is 32.1 Å². The average Bonchev–Trinajstić information content (AvgIpc) is 2.37. The number of hydrogen-bond acceptors (Lipinski definition) is 2. The fourth-order valence-electron chi connectivity index (χ4n) is 3.92. The summed E-state index contributed by atoms with van der Waals surface area (Å²) < 4.78 is 0. The van der Waals surface area contributed by atoms with Crippen LogP contribution >= 0.6 is 0 Å². The molecule has 4 atom stereocenters. The van der Waals surface area contributed by atoms with Gasteiger partial charge in [-0.3, -0.25) is 4.79 Å². The van der Waals surface area contributed by atoms with Crippen molar-refractivity contribution >= 4 is 5.78 Å². The molecule has 0 aromatic rings. The predicted octanol–water partition coefficient (Wildman–Crippen LogP) is 1.13. The molecule has 0 heterocycles. The van der Waals surface area contributed by atoms with Crippen molar-refractivity contribution < 1.29 is 9.90 Å². The minimum atomic E-state index is -0.295. The second-order valence-electron chi connectivity index (χ2n) is 4.62. The largest absolute Gasteiger partial charge is 0.392 e. The lowest BCUT2D eigenvalue weighted by molar-refractivity contribution is -0.148. The quantitative estimate of drug-likeness (QED) is 0.585. The summed E-state index contributed by atoms with van der Waals surface area (Å²) in [4.78, 5) is 11.7. The number of ketones is 1. The molecule has 0 radical (unpaired) electrons. The van der Waals surface area contributed by atoms with Gasteiger partial charge in [0.2, 0.25) is 0 Å². The molecule has 3 aliphatic carbocycles. The molecular weight excluding hydrogens is 152 g/mol. The molecule has 66 valence electrons. The summed E-state index contributed by atoms with van der Waals surface area (Å²) in [6.07, 6.45) is 4.65. The third-order valence-corrected chi connectivity index (χ3v) is 4.46. The van der Waals surface area contributed by atoms with Crippen molar-refractivity contribution in [3.63, 3.8) is 0 Å². The number of hydrogen-bond donors (Lipinski definition) is 1. The monoisotopic (exact) mass is 166 g/mol. The summed E-state index contributed by atoms with van der Waals surface area (Å²) in [7, 11) is 0. The second kappa shape index (κ2) is 1.92. The first kappa shape index (κ1) is 7.07. The molecule has 1 spiro atoms. The molecule has 0 aromatic heterocycles. The van der Waals surface area contributed by atoms with Crippen molar-refractivity contribution in [1.29, 1.82) is 0 Å². The lowest BCUT2D eigenvalue weighted by Gasteiger charge is -2.48. The van der Waals surface area contributed by atoms with E-state index in [9.17, 15) is 9.90 Å². The lowest BCUT2D eigenvalue weighted by atomic mass is 9.55. The Hall–Kier alpha value is -0.370. The van der Waals surface area contributed by atoms with Gasteiger partial charge in [0.15, 0.2) is 0 Å². The first-order chi connectivity index (χ1) is 5.76. The molecule has 0 aromatic carbocycles. The van der Waals surface area contributed by atoms with E-state index in [1.165, 1.54) is 6.42 Å². The van der Waals surface area contributed by atoms with Crippen LogP contribution in [0.25, 0.3) is 0 Å². The molecule has 3 fully saturated rings. The van der Waals surface area contributed by atoms with Crippen molar-refractivity contribution in [3.8, 4) is 0 Å². The SMILES string of the molecule is O=C1CCC2CC3CCC(O)C123. The Kier molecular flexibility index (Phi) is 1.13. The molecule has 3 saturated carbocycles. The summed E-state index contributed by atoms with van der Waals surface area (Å²) in [5.74, 6) is 1.47. The second-order valence-corrected chi connectivity index (χ2v) is 4.62. The summed E-state index contributed by atoms with van der Waals surface area (Å²) in [5.41, 5.74) is -0.222. The van der Waals surface area contributed by atoms with Crippen LogP contribution in [0, 0.1) is 17.3 Å². The third-order valence-electron chi connectivity index (χ3n) is 4.46. The van der Waals surface area contributed by atoms with E-state index in [4.69, 9.17) is 0 Å². The van der Waals surface area contributed by atoms with Crippen LogP contribution in [0.5, 0.6) is 0 Å². The number of aliphatic hydroxyl groups is 1. The maximum atomic E-state index is 11.7. The van der Waals surface area contributed by atoms with Crippen molar-refractivity contribution in [1.82, 2.24) is 0 Å². The van der Waals surface area contributed by atoms with Crippen molar-refractivity contribution in [2.24, 2.45) is 17.3 Å². The molecule has 0 saturated heterocycles. The van der Waals surface area contributed by atoms with Gasteiger partial charge in [-0.1, -0.05) is 0 Å². The molecule has 0 bridgehead atoms. The molecule has 3 rings (SSSR count). The smallest absolute Gasteiger partial charge is 0.142 e. The number of carbonyl (C=O) groups excluding carboxylic acids is 1. The molecule has 3 aliphatic rings. The number of carbonyl (C=O) groups is 1. The van der Waals surface area contributed by atoms with E-state index >= 15 is 0 Å². The van der Waals surface area contributed by atoms with Crippen molar-refractivity contribution in [3.05, 3.63) is 0 Å². The Labute approximate surface area is 72.0 Å². The highest BCUT2D eigenvalue weighted by Gasteiger charge is 2.68. The van der Waals surface area contributed by atoms with E-state index in [2.05, 4.69) is 0 Å². The molecule has 4 unspecified atom stereocenters. The zero-order chi connectivity index (χ0) is 8.34. The van der Waals surface area contributed by atoms with E-state index in [0.717, 1.165) is 25.7 Å². The molecule has 1 N–H and O–H groups in total. The van der Waals surface area contributed by atoms with Crippen LogP contribution in [0.4, 0.5) is 0 Å². The number of aliphatic hydroxyl groups excluding tert-OH is 1. The molecule has 0 aliphatic heterocycles. The standard InChI is InChI=1S/C10H14O2/c11-8-3-1-6-5-7-2-4-9(12)10(6,7)8/h6-8,11H,1-5H2. The number of rotatable bonds is 0. The molecule has 0 amide bonds. The third kappa shape index (κ3) is 0.506. The van der Waals surface area contributed by atoms with Crippen molar-refractivity contribution in [2.75, 3.05) is 0 Å². The van der Waals surface area contributed by atoms with Gasteiger partial charge in [0.25, 0.3) is 0 Å². The first-order valence-corrected chi connectivity index (χ1v) is 4.97. The highest BCUT2D eigenvalue weighted by atomic mass is 16.3. The van der Waals surface area contributed by atoms with E-state index in [1.54, 1.807) is 0 Å². The molecule has 12 heavy (non-hydrogen) atoms.